The molecule has 2 aromatic rings. The van der Waals surface area contributed by atoms with Crippen LogP contribution in [0, 0.1) is 0 Å². The number of rotatable bonds is 6. The number of benzene rings is 1. The van der Waals surface area contributed by atoms with Gasteiger partial charge in [0.2, 0.25) is 5.91 Å². The predicted molar refractivity (Wildman–Crippen MR) is 96.7 cm³/mol. The molecule has 0 spiro atoms. The van der Waals surface area contributed by atoms with E-state index in [2.05, 4.69) is 17.2 Å². The highest BCUT2D eigenvalue weighted by atomic mass is 16.2. The molecule has 1 unspecified atom stereocenters. The van der Waals surface area contributed by atoms with E-state index in [1.165, 1.54) is 4.57 Å². The summed E-state index contributed by atoms with van der Waals surface area (Å²) in [7, 11) is 0. The Morgan fingerprint density at radius 1 is 1.32 bits per heavy atom. The molecule has 1 aromatic heterocycles. The van der Waals surface area contributed by atoms with Gasteiger partial charge in [-0.2, -0.15) is 0 Å². The molecule has 1 aliphatic heterocycles. The summed E-state index contributed by atoms with van der Waals surface area (Å²) in [6.07, 6.45) is 2.11. The van der Waals surface area contributed by atoms with Crippen molar-refractivity contribution in [3.05, 3.63) is 45.1 Å². The van der Waals surface area contributed by atoms with E-state index in [1.54, 1.807) is 24.3 Å². The molecule has 2 N–H and O–H groups in total. The molecule has 1 aromatic carbocycles. The minimum Gasteiger partial charge on any atom is -0.338 e. The van der Waals surface area contributed by atoms with Crippen molar-refractivity contribution in [3.8, 4) is 0 Å². The van der Waals surface area contributed by atoms with Crippen LogP contribution >= 0.6 is 0 Å². The summed E-state index contributed by atoms with van der Waals surface area (Å²) in [5.41, 5.74) is -0.303. The van der Waals surface area contributed by atoms with E-state index >= 15 is 0 Å². The van der Waals surface area contributed by atoms with Gasteiger partial charge in [0.25, 0.3) is 5.56 Å². The fourth-order valence-corrected chi connectivity index (χ4v) is 3.47. The van der Waals surface area contributed by atoms with Crippen LogP contribution in [0.25, 0.3) is 10.9 Å². The van der Waals surface area contributed by atoms with Crippen molar-refractivity contribution in [2.24, 2.45) is 0 Å². The molecule has 0 aliphatic carbocycles. The van der Waals surface area contributed by atoms with Crippen molar-refractivity contribution >= 4 is 16.8 Å². The average Bonchev–Trinajstić information content (AvgIpc) is 3.13. The summed E-state index contributed by atoms with van der Waals surface area (Å²) < 4.78 is 1.48. The molecule has 1 fully saturated rings. The molecule has 3 rings (SSSR count). The first-order chi connectivity index (χ1) is 12.1. The van der Waals surface area contributed by atoms with Crippen LogP contribution in [0.4, 0.5) is 0 Å². The standard InChI is InChI=1S/C18H24N4O3/c1-2-10-21(13-7-9-19-12-13)16(23)8-11-22-15-6-4-3-5-14(15)17(24)20-18(22)25/h3-6,13,19H,2,7-12H2,1H3,(H,20,24,25). The van der Waals surface area contributed by atoms with Gasteiger partial charge >= 0.3 is 5.69 Å². The number of carbonyl (C=O) groups excluding carboxylic acids is 1. The average molecular weight is 344 g/mol. The smallest absolute Gasteiger partial charge is 0.328 e. The Balaban J connectivity index is 1.81. The van der Waals surface area contributed by atoms with Crippen molar-refractivity contribution < 1.29 is 4.79 Å². The monoisotopic (exact) mass is 344 g/mol. The number of nitrogens with zero attached hydrogens (tertiary/aromatic N) is 2. The summed E-state index contributed by atoms with van der Waals surface area (Å²) in [6, 6.07) is 7.19. The number of amides is 1. The number of carbonyl (C=O) groups is 1. The number of fused-ring (bicyclic) bond motifs is 1. The van der Waals surface area contributed by atoms with Gasteiger partial charge in [0, 0.05) is 32.1 Å². The Kier molecular flexibility index (Phi) is 5.33. The van der Waals surface area contributed by atoms with Crippen LogP contribution in [0.5, 0.6) is 0 Å². The zero-order valence-corrected chi connectivity index (χ0v) is 14.5. The Bertz CT molecular complexity index is 864. The van der Waals surface area contributed by atoms with Gasteiger partial charge < -0.3 is 10.2 Å². The number of aryl methyl sites for hydroxylation is 1. The molecule has 25 heavy (non-hydrogen) atoms. The maximum Gasteiger partial charge on any atom is 0.328 e. The first kappa shape index (κ1) is 17.4. The lowest BCUT2D eigenvalue weighted by atomic mass is 10.2. The highest BCUT2D eigenvalue weighted by Gasteiger charge is 2.25. The zero-order chi connectivity index (χ0) is 17.8. The Morgan fingerprint density at radius 2 is 2.12 bits per heavy atom. The van der Waals surface area contributed by atoms with Crippen LogP contribution in [0.15, 0.2) is 33.9 Å². The molecule has 0 radical (unpaired) electrons. The summed E-state index contributed by atoms with van der Waals surface area (Å²) in [5.74, 6) is 0.0535. The van der Waals surface area contributed by atoms with E-state index in [4.69, 9.17) is 0 Å². The maximum atomic E-state index is 12.7. The van der Waals surface area contributed by atoms with Crippen LogP contribution < -0.4 is 16.6 Å². The first-order valence-electron chi connectivity index (χ1n) is 8.84. The number of para-hydroxylation sites is 1. The third kappa shape index (κ3) is 3.66. The topological polar surface area (TPSA) is 87.2 Å². The van der Waals surface area contributed by atoms with Crippen LogP contribution in [-0.4, -0.2) is 46.0 Å². The van der Waals surface area contributed by atoms with E-state index in [9.17, 15) is 14.4 Å². The Morgan fingerprint density at radius 3 is 2.84 bits per heavy atom. The highest BCUT2D eigenvalue weighted by molar-refractivity contribution is 5.79. The van der Waals surface area contributed by atoms with Crippen molar-refractivity contribution in [1.82, 2.24) is 19.8 Å². The second-order valence-electron chi connectivity index (χ2n) is 6.41. The lowest BCUT2D eigenvalue weighted by Crippen LogP contribution is -2.42. The normalized spacial score (nSPS) is 17.1. The van der Waals surface area contributed by atoms with Gasteiger partial charge in [0.15, 0.2) is 0 Å². The number of hydrogen-bond acceptors (Lipinski definition) is 4. The predicted octanol–water partition coefficient (Wildman–Crippen LogP) is 0.680. The van der Waals surface area contributed by atoms with Crippen LogP contribution in [0.2, 0.25) is 0 Å². The lowest BCUT2D eigenvalue weighted by Gasteiger charge is -2.28. The number of nitrogens with one attached hydrogen (secondary N) is 2. The van der Waals surface area contributed by atoms with E-state index in [0.29, 0.717) is 10.9 Å². The van der Waals surface area contributed by atoms with Gasteiger partial charge in [-0.15, -0.1) is 0 Å². The molecule has 2 heterocycles. The van der Waals surface area contributed by atoms with E-state index in [1.807, 2.05) is 4.90 Å². The number of H-pyrrole nitrogens is 1. The van der Waals surface area contributed by atoms with Crippen LogP contribution in [-0.2, 0) is 11.3 Å². The molecular formula is C18H24N4O3. The molecule has 1 aliphatic rings. The summed E-state index contributed by atoms with van der Waals surface area (Å²) >= 11 is 0. The Labute approximate surface area is 145 Å². The van der Waals surface area contributed by atoms with Gasteiger partial charge in [-0.25, -0.2) is 4.79 Å². The van der Waals surface area contributed by atoms with E-state index in [-0.39, 0.29) is 24.9 Å². The largest absolute Gasteiger partial charge is 0.338 e. The van der Waals surface area contributed by atoms with Crippen molar-refractivity contribution in [3.63, 3.8) is 0 Å². The number of hydrogen-bond donors (Lipinski definition) is 2. The summed E-state index contributed by atoms with van der Waals surface area (Å²) in [6.45, 7) is 4.81. The minimum absolute atomic E-state index is 0.0535. The zero-order valence-electron chi connectivity index (χ0n) is 14.5. The first-order valence-corrected chi connectivity index (χ1v) is 8.84. The van der Waals surface area contributed by atoms with E-state index in [0.717, 1.165) is 32.5 Å². The molecule has 134 valence electrons. The molecule has 0 saturated carbocycles. The fourth-order valence-electron chi connectivity index (χ4n) is 3.47. The molecule has 7 heteroatoms. The second kappa shape index (κ2) is 7.65. The summed E-state index contributed by atoms with van der Waals surface area (Å²) in [4.78, 5) is 41.1. The van der Waals surface area contributed by atoms with Crippen molar-refractivity contribution in [2.45, 2.75) is 38.8 Å². The maximum absolute atomic E-state index is 12.7. The Hall–Kier alpha value is -2.41. The number of aromatic amines is 1. The second-order valence-corrected chi connectivity index (χ2v) is 6.41. The minimum atomic E-state index is -0.471. The van der Waals surface area contributed by atoms with Crippen molar-refractivity contribution in [2.75, 3.05) is 19.6 Å². The lowest BCUT2D eigenvalue weighted by molar-refractivity contribution is -0.133. The SMILES string of the molecule is CCCN(C(=O)CCn1c(=O)[nH]c(=O)c2ccccc21)C1CCNC1. The van der Waals surface area contributed by atoms with Gasteiger partial charge in [-0.3, -0.25) is 19.1 Å². The third-order valence-corrected chi connectivity index (χ3v) is 4.71. The molecule has 1 amide bonds. The fraction of sp³-hybridized carbons (Fsp3) is 0.500. The highest BCUT2D eigenvalue weighted by Crippen LogP contribution is 2.12. The molecule has 0 bridgehead atoms. The van der Waals surface area contributed by atoms with Crippen LogP contribution in [0.1, 0.15) is 26.2 Å². The number of aromatic nitrogens is 2. The van der Waals surface area contributed by atoms with Gasteiger partial charge in [0.1, 0.15) is 0 Å². The molecule has 1 saturated heterocycles. The molecule has 1 atom stereocenters. The van der Waals surface area contributed by atoms with Gasteiger partial charge in [-0.05, 0) is 31.5 Å². The van der Waals surface area contributed by atoms with Crippen LogP contribution in [0.3, 0.4) is 0 Å². The van der Waals surface area contributed by atoms with E-state index < -0.39 is 11.2 Å². The van der Waals surface area contributed by atoms with Gasteiger partial charge in [0.05, 0.1) is 10.9 Å². The summed E-state index contributed by atoms with van der Waals surface area (Å²) in [5, 5.41) is 3.75. The third-order valence-electron chi connectivity index (χ3n) is 4.71. The van der Waals surface area contributed by atoms with Crippen molar-refractivity contribution in [1.29, 1.82) is 0 Å². The quantitative estimate of drug-likeness (QED) is 0.807. The van der Waals surface area contributed by atoms with Gasteiger partial charge in [-0.1, -0.05) is 19.1 Å². The molecular weight excluding hydrogens is 320 g/mol. The molecule has 7 nitrogen and oxygen atoms in total.